The van der Waals surface area contributed by atoms with Crippen LogP contribution in [0.25, 0.3) is 0 Å². The fourth-order valence-corrected chi connectivity index (χ4v) is 2.96. The summed E-state index contributed by atoms with van der Waals surface area (Å²) in [6.45, 7) is 5.46. The molecule has 0 saturated carbocycles. The maximum atomic E-state index is 12.2. The smallest absolute Gasteiger partial charge is 0.233 e. The maximum Gasteiger partial charge on any atom is 0.233 e. The predicted octanol–water partition coefficient (Wildman–Crippen LogP) is 0.171. The Labute approximate surface area is 122 Å². The van der Waals surface area contributed by atoms with Gasteiger partial charge in [0.1, 0.15) is 6.33 Å². The van der Waals surface area contributed by atoms with Crippen LogP contribution in [0, 0.1) is 0 Å². The third-order valence-corrected chi connectivity index (χ3v) is 4.12. The highest BCUT2D eigenvalue weighted by Gasteiger charge is 2.26. The molecule has 20 heavy (non-hydrogen) atoms. The molecular formula is C12H20N4O3S. The fraction of sp³-hybridized carbons (Fsp3) is 0.750. The van der Waals surface area contributed by atoms with Gasteiger partial charge in [-0.25, -0.2) is 0 Å². The minimum atomic E-state index is -0.236. The molecule has 2 heterocycles. The van der Waals surface area contributed by atoms with Crippen LogP contribution in [0.15, 0.2) is 11.5 Å². The van der Waals surface area contributed by atoms with Gasteiger partial charge in [0.05, 0.1) is 31.6 Å². The minimum absolute atomic E-state index is 0.00402. The lowest BCUT2D eigenvalue weighted by atomic mass is 10.2. The van der Waals surface area contributed by atoms with Crippen molar-refractivity contribution in [3.05, 3.63) is 6.33 Å². The fourth-order valence-electron chi connectivity index (χ4n) is 2.03. The van der Waals surface area contributed by atoms with Gasteiger partial charge in [-0.05, 0) is 13.8 Å². The summed E-state index contributed by atoms with van der Waals surface area (Å²) in [5, 5.41) is 17.9. The van der Waals surface area contributed by atoms with Gasteiger partial charge in [0.2, 0.25) is 5.91 Å². The Bertz CT molecular complexity index is 452. The van der Waals surface area contributed by atoms with Crippen LogP contribution in [0.1, 0.15) is 19.9 Å². The number of ether oxygens (including phenoxy) is 1. The number of hydrogen-bond acceptors (Lipinski definition) is 6. The van der Waals surface area contributed by atoms with Crippen LogP contribution in [0.2, 0.25) is 0 Å². The summed E-state index contributed by atoms with van der Waals surface area (Å²) in [6.07, 6.45) is 1.67. The Kier molecular flexibility index (Phi) is 5.38. The van der Waals surface area contributed by atoms with Crippen LogP contribution >= 0.6 is 11.8 Å². The summed E-state index contributed by atoms with van der Waals surface area (Å²) in [7, 11) is 0. The first kappa shape index (κ1) is 15.3. The van der Waals surface area contributed by atoms with E-state index >= 15 is 0 Å². The first-order valence-electron chi connectivity index (χ1n) is 6.64. The number of thioether (sulfide) groups is 1. The molecule has 1 aliphatic rings. The highest BCUT2D eigenvalue weighted by atomic mass is 32.2. The number of nitrogens with zero attached hydrogens (tertiary/aromatic N) is 4. The maximum absolute atomic E-state index is 12.2. The van der Waals surface area contributed by atoms with Gasteiger partial charge in [0.25, 0.3) is 0 Å². The van der Waals surface area contributed by atoms with E-state index in [1.807, 2.05) is 18.4 Å². The van der Waals surface area contributed by atoms with E-state index < -0.39 is 0 Å². The normalized spacial score (nSPS) is 19.6. The lowest BCUT2D eigenvalue weighted by Crippen LogP contribution is -2.51. The van der Waals surface area contributed by atoms with Crippen molar-refractivity contribution in [1.29, 1.82) is 0 Å². The topological polar surface area (TPSA) is 80.5 Å². The van der Waals surface area contributed by atoms with E-state index in [4.69, 9.17) is 4.74 Å². The molecule has 112 valence electrons. The molecule has 1 amide bonds. The van der Waals surface area contributed by atoms with Crippen LogP contribution in [0.5, 0.6) is 0 Å². The average Bonchev–Trinajstić information content (AvgIpc) is 2.93. The Balaban J connectivity index is 1.92. The van der Waals surface area contributed by atoms with Crippen molar-refractivity contribution in [1.82, 2.24) is 19.7 Å². The molecule has 1 unspecified atom stereocenters. The molecular weight excluding hydrogens is 280 g/mol. The van der Waals surface area contributed by atoms with Crippen molar-refractivity contribution in [2.24, 2.45) is 0 Å². The zero-order chi connectivity index (χ0) is 14.5. The molecule has 1 fully saturated rings. The summed E-state index contributed by atoms with van der Waals surface area (Å²) >= 11 is 1.37. The number of hydrogen-bond donors (Lipinski definition) is 1. The zero-order valence-electron chi connectivity index (χ0n) is 11.7. The molecule has 0 spiro atoms. The summed E-state index contributed by atoms with van der Waals surface area (Å²) in [6, 6.07) is 0.0241. The Morgan fingerprint density at radius 2 is 2.45 bits per heavy atom. The summed E-state index contributed by atoms with van der Waals surface area (Å²) in [4.78, 5) is 13.9. The standard InChI is InChI=1S/C12H20N4O3S/c1-9(2)16-8-13-14-12(16)20-7-11(18)15-3-4-19-6-10(15)5-17/h8-10,17H,3-7H2,1-2H3. The van der Waals surface area contributed by atoms with Gasteiger partial charge in [-0.2, -0.15) is 0 Å². The van der Waals surface area contributed by atoms with E-state index in [1.165, 1.54) is 11.8 Å². The first-order chi connectivity index (χ1) is 9.63. The molecule has 0 aliphatic carbocycles. The molecule has 0 aromatic carbocycles. The van der Waals surface area contributed by atoms with Gasteiger partial charge in [-0.3, -0.25) is 4.79 Å². The molecule has 8 heteroatoms. The van der Waals surface area contributed by atoms with E-state index in [0.717, 1.165) is 5.16 Å². The lowest BCUT2D eigenvalue weighted by molar-refractivity contribution is -0.138. The van der Waals surface area contributed by atoms with E-state index in [0.29, 0.717) is 25.5 Å². The van der Waals surface area contributed by atoms with Crippen molar-refractivity contribution in [3.8, 4) is 0 Å². The summed E-state index contributed by atoms with van der Waals surface area (Å²) in [5.74, 6) is 0.290. The first-order valence-corrected chi connectivity index (χ1v) is 7.62. The van der Waals surface area contributed by atoms with Crippen LogP contribution in [0.3, 0.4) is 0 Å². The highest BCUT2D eigenvalue weighted by Crippen LogP contribution is 2.20. The van der Waals surface area contributed by atoms with Crippen molar-refractivity contribution in [3.63, 3.8) is 0 Å². The molecule has 1 aromatic rings. The molecule has 2 rings (SSSR count). The lowest BCUT2D eigenvalue weighted by Gasteiger charge is -2.34. The Morgan fingerprint density at radius 3 is 3.15 bits per heavy atom. The number of amides is 1. The van der Waals surface area contributed by atoms with Gasteiger partial charge in [0, 0.05) is 12.6 Å². The van der Waals surface area contributed by atoms with Crippen LogP contribution in [0.4, 0.5) is 0 Å². The second-order valence-electron chi connectivity index (χ2n) is 4.90. The predicted molar refractivity (Wildman–Crippen MR) is 74.5 cm³/mol. The van der Waals surface area contributed by atoms with Gasteiger partial charge in [-0.15, -0.1) is 10.2 Å². The number of aliphatic hydroxyl groups excluding tert-OH is 1. The molecule has 0 bridgehead atoms. The third-order valence-electron chi connectivity index (χ3n) is 3.18. The monoisotopic (exact) mass is 300 g/mol. The molecule has 0 radical (unpaired) electrons. The largest absolute Gasteiger partial charge is 0.394 e. The number of aromatic nitrogens is 3. The summed E-state index contributed by atoms with van der Waals surface area (Å²) in [5.41, 5.74) is 0. The molecule has 1 atom stereocenters. The van der Waals surface area contributed by atoms with Crippen LogP contribution in [-0.2, 0) is 9.53 Å². The minimum Gasteiger partial charge on any atom is -0.394 e. The van der Waals surface area contributed by atoms with Gasteiger partial charge >= 0.3 is 0 Å². The number of rotatable bonds is 5. The van der Waals surface area contributed by atoms with Crippen LogP contribution < -0.4 is 0 Å². The van der Waals surface area contributed by atoms with Crippen molar-refractivity contribution < 1.29 is 14.6 Å². The Morgan fingerprint density at radius 1 is 1.65 bits per heavy atom. The second-order valence-corrected chi connectivity index (χ2v) is 5.84. The summed E-state index contributed by atoms with van der Waals surface area (Å²) < 4.78 is 7.20. The van der Waals surface area contributed by atoms with E-state index in [1.54, 1.807) is 11.2 Å². The molecule has 1 saturated heterocycles. The van der Waals surface area contributed by atoms with Gasteiger partial charge < -0.3 is 19.3 Å². The number of morpholine rings is 1. The van der Waals surface area contributed by atoms with Crippen LogP contribution in [-0.4, -0.2) is 68.8 Å². The third kappa shape index (κ3) is 3.50. The number of carbonyl (C=O) groups excluding carboxylic acids is 1. The van der Waals surface area contributed by atoms with E-state index in [2.05, 4.69) is 10.2 Å². The van der Waals surface area contributed by atoms with E-state index in [9.17, 15) is 9.90 Å². The van der Waals surface area contributed by atoms with Gasteiger partial charge in [-0.1, -0.05) is 11.8 Å². The molecule has 7 nitrogen and oxygen atoms in total. The SMILES string of the molecule is CC(C)n1cnnc1SCC(=O)N1CCOCC1CO. The van der Waals surface area contributed by atoms with Crippen molar-refractivity contribution >= 4 is 17.7 Å². The molecule has 1 aromatic heterocycles. The van der Waals surface area contributed by atoms with Crippen molar-refractivity contribution in [2.45, 2.75) is 31.1 Å². The average molecular weight is 300 g/mol. The second kappa shape index (κ2) is 7.05. The number of carbonyl (C=O) groups is 1. The molecule has 1 N–H and O–H groups in total. The molecule has 1 aliphatic heterocycles. The number of aliphatic hydroxyl groups is 1. The Hall–Kier alpha value is -1.12. The van der Waals surface area contributed by atoms with E-state index in [-0.39, 0.29) is 24.6 Å². The van der Waals surface area contributed by atoms with Gasteiger partial charge in [0.15, 0.2) is 5.16 Å². The quantitative estimate of drug-likeness (QED) is 0.781. The van der Waals surface area contributed by atoms with Crippen molar-refractivity contribution in [2.75, 3.05) is 32.1 Å². The zero-order valence-corrected chi connectivity index (χ0v) is 12.5. The highest BCUT2D eigenvalue weighted by molar-refractivity contribution is 7.99.